The Morgan fingerprint density at radius 1 is 0.542 bits per heavy atom. The summed E-state index contributed by atoms with van der Waals surface area (Å²) in [5.41, 5.74) is 1.56. The van der Waals surface area contributed by atoms with Gasteiger partial charge in [-0.05, 0) is 60.1 Å². The molecule has 0 fully saturated rings. The molecule has 0 aliphatic heterocycles. The Morgan fingerprint density at radius 2 is 1.21 bits per heavy atom. The summed E-state index contributed by atoms with van der Waals surface area (Å²) in [6, 6.07) is 25.0. The van der Waals surface area contributed by atoms with Crippen LogP contribution in [0.5, 0.6) is 0 Å². The molecule has 5 aromatic rings. The van der Waals surface area contributed by atoms with Crippen molar-refractivity contribution in [3.05, 3.63) is 72.3 Å². The van der Waals surface area contributed by atoms with E-state index < -0.39 is 0 Å². The fraction of sp³-hybridized carbons (Fsp3) is 0.167. The summed E-state index contributed by atoms with van der Waals surface area (Å²) in [5, 5.41) is 10.9. The Kier molecular flexibility index (Phi) is 2.58. The van der Waals surface area contributed by atoms with E-state index in [0.717, 1.165) is 0 Å². The smallest absolute Gasteiger partial charge is 0.00203 e. The van der Waals surface area contributed by atoms with Crippen molar-refractivity contribution in [2.24, 2.45) is 0 Å². The van der Waals surface area contributed by atoms with Crippen molar-refractivity contribution in [1.82, 2.24) is 0 Å². The maximum atomic E-state index is 2.39. The molecule has 0 amide bonds. The molecule has 0 heterocycles. The highest BCUT2D eigenvalue weighted by atomic mass is 14.2. The molecule has 0 radical (unpaired) electrons. The molecule has 116 valence electrons. The summed E-state index contributed by atoms with van der Waals surface area (Å²) < 4.78 is 0. The highest BCUT2D eigenvalue weighted by Gasteiger charge is 2.16. The molecule has 0 heteroatoms. The predicted octanol–water partition coefficient (Wildman–Crippen LogP) is 7.03. The minimum Gasteiger partial charge on any atom is -0.0610 e. The number of hydrogen-bond acceptors (Lipinski definition) is 0. The van der Waals surface area contributed by atoms with Crippen LogP contribution in [0.4, 0.5) is 0 Å². The molecule has 0 atom stereocenters. The van der Waals surface area contributed by atoms with E-state index >= 15 is 0 Å². The average Bonchev–Trinajstić information content (AvgIpc) is 2.58. The first-order chi connectivity index (χ1) is 11.5. The van der Waals surface area contributed by atoms with E-state index in [1.807, 2.05) is 0 Å². The van der Waals surface area contributed by atoms with E-state index in [1.54, 1.807) is 0 Å². The summed E-state index contributed by atoms with van der Waals surface area (Å²) >= 11 is 0. The molecule has 0 unspecified atom stereocenters. The predicted molar refractivity (Wildman–Crippen MR) is 106 cm³/mol. The van der Waals surface area contributed by atoms with Gasteiger partial charge in [0.2, 0.25) is 0 Å². The SMILES string of the molecule is CC(C)(C)c1ccc2cc3ccc4cccc5ccc(c2c1)c3c45. The summed E-state index contributed by atoms with van der Waals surface area (Å²) in [5.74, 6) is 0. The van der Waals surface area contributed by atoms with Crippen LogP contribution in [0.2, 0.25) is 0 Å². The van der Waals surface area contributed by atoms with Gasteiger partial charge in [0.1, 0.15) is 0 Å². The first-order valence-corrected chi connectivity index (χ1v) is 8.63. The van der Waals surface area contributed by atoms with E-state index in [9.17, 15) is 0 Å². The lowest BCUT2D eigenvalue weighted by Gasteiger charge is -2.20. The first kappa shape index (κ1) is 13.8. The van der Waals surface area contributed by atoms with Gasteiger partial charge in [-0.15, -0.1) is 0 Å². The zero-order valence-corrected chi connectivity index (χ0v) is 14.4. The van der Waals surface area contributed by atoms with Crippen molar-refractivity contribution in [3.63, 3.8) is 0 Å². The van der Waals surface area contributed by atoms with Crippen LogP contribution in [0.1, 0.15) is 26.3 Å². The maximum absolute atomic E-state index is 2.39. The Bertz CT molecular complexity index is 1200. The van der Waals surface area contributed by atoms with Gasteiger partial charge in [0, 0.05) is 0 Å². The van der Waals surface area contributed by atoms with E-state index in [2.05, 4.69) is 87.5 Å². The topological polar surface area (TPSA) is 0 Å². The zero-order valence-electron chi connectivity index (χ0n) is 14.4. The van der Waals surface area contributed by atoms with Crippen LogP contribution in [0.3, 0.4) is 0 Å². The standard InChI is InChI=1S/C24H20/c1-24(2,3)19-11-9-17-13-18-8-7-15-5-4-6-16-10-12-20(21(17)14-19)23(18)22(15)16/h4-14H,1-3H3. The van der Waals surface area contributed by atoms with Gasteiger partial charge in [0.15, 0.2) is 0 Å². The van der Waals surface area contributed by atoms with Gasteiger partial charge in [0.25, 0.3) is 0 Å². The molecular weight excluding hydrogens is 288 g/mol. The monoisotopic (exact) mass is 308 g/mol. The zero-order chi connectivity index (χ0) is 16.5. The van der Waals surface area contributed by atoms with Crippen molar-refractivity contribution in [2.75, 3.05) is 0 Å². The average molecular weight is 308 g/mol. The Balaban J connectivity index is 2.04. The lowest BCUT2D eigenvalue weighted by molar-refractivity contribution is 0.591. The molecule has 0 nitrogen and oxygen atoms in total. The summed E-state index contributed by atoms with van der Waals surface area (Å²) in [6.45, 7) is 6.85. The maximum Gasteiger partial charge on any atom is -0.00203 e. The van der Waals surface area contributed by atoms with Crippen LogP contribution in [-0.4, -0.2) is 0 Å². The second-order valence-electron chi connectivity index (χ2n) is 7.92. The van der Waals surface area contributed by atoms with Crippen molar-refractivity contribution >= 4 is 43.1 Å². The Hall–Kier alpha value is -2.60. The third kappa shape index (κ3) is 1.80. The minimum absolute atomic E-state index is 0.165. The number of fused-ring (bicyclic) bond motifs is 2. The number of benzene rings is 5. The van der Waals surface area contributed by atoms with Gasteiger partial charge in [-0.2, -0.15) is 0 Å². The molecule has 0 N–H and O–H groups in total. The second kappa shape index (κ2) is 4.48. The van der Waals surface area contributed by atoms with Crippen molar-refractivity contribution in [1.29, 1.82) is 0 Å². The molecule has 0 spiro atoms. The van der Waals surface area contributed by atoms with Crippen LogP contribution in [-0.2, 0) is 5.41 Å². The lowest BCUT2D eigenvalue weighted by atomic mass is 9.84. The van der Waals surface area contributed by atoms with Gasteiger partial charge >= 0.3 is 0 Å². The van der Waals surface area contributed by atoms with E-state index in [-0.39, 0.29) is 5.41 Å². The highest BCUT2D eigenvalue weighted by molar-refractivity contribution is 6.28. The highest BCUT2D eigenvalue weighted by Crippen LogP contribution is 2.39. The van der Waals surface area contributed by atoms with Gasteiger partial charge in [-0.3, -0.25) is 0 Å². The molecule has 0 saturated heterocycles. The van der Waals surface area contributed by atoms with Crippen LogP contribution in [0, 0.1) is 0 Å². The molecule has 0 aliphatic rings. The third-order valence-corrected chi connectivity index (χ3v) is 5.33. The van der Waals surface area contributed by atoms with Crippen LogP contribution in [0.25, 0.3) is 43.1 Å². The van der Waals surface area contributed by atoms with Crippen molar-refractivity contribution in [3.8, 4) is 0 Å². The van der Waals surface area contributed by atoms with Gasteiger partial charge in [-0.25, -0.2) is 0 Å². The Morgan fingerprint density at radius 3 is 1.96 bits per heavy atom. The van der Waals surface area contributed by atoms with E-state index in [0.29, 0.717) is 0 Å². The summed E-state index contributed by atoms with van der Waals surface area (Å²) in [4.78, 5) is 0. The number of rotatable bonds is 0. The summed E-state index contributed by atoms with van der Waals surface area (Å²) in [6.07, 6.45) is 0. The lowest BCUT2D eigenvalue weighted by Crippen LogP contribution is -2.10. The quantitative estimate of drug-likeness (QED) is 0.213. The van der Waals surface area contributed by atoms with Crippen LogP contribution >= 0.6 is 0 Å². The van der Waals surface area contributed by atoms with E-state index in [4.69, 9.17) is 0 Å². The van der Waals surface area contributed by atoms with Gasteiger partial charge in [0.05, 0.1) is 0 Å². The van der Waals surface area contributed by atoms with E-state index in [1.165, 1.54) is 48.7 Å². The summed E-state index contributed by atoms with van der Waals surface area (Å²) in [7, 11) is 0. The van der Waals surface area contributed by atoms with Gasteiger partial charge < -0.3 is 0 Å². The molecule has 24 heavy (non-hydrogen) atoms. The largest absolute Gasteiger partial charge is 0.0610 e. The van der Waals surface area contributed by atoms with Crippen molar-refractivity contribution < 1.29 is 0 Å². The molecular formula is C24H20. The molecule has 0 aliphatic carbocycles. The third-order valence-electron chi connectivity index (χ3n) is 5.33. The minimum atomic E-state index is 0.165. The van der Waals surface area contributed by atoms with Crippen molar-refractivity contribution in [2.45, 2.75) is 26.2 Å². The second-order valence-corrected chi connectivity index (χ2v) is 7.92. The normalized spacial score (nSPS) is 12.8. The first-order valence-electron chi connectivity index (χ1n) is 8.63. The van der Waals surface area contributed by atoms with Gasteiger partial charge in [-0.1, -0.05) is 81.4 Å². The fourth-order valence-corrected chi connectivity index (χ4v) is 4.00. The van der Waals surface area contributed by atoms with Crippen LogP contribution in [0.15, 0.2) is 66.7 Å². The molecule has 0 saturated carbocycles. The van der Waals surface area contributed by atoms with Crippen LogP contribution < -0.4 is 0 Å². The molecule has 5 aromatic carbocycles. The molecule has 0 bridgehead atoms. The Labute approximate surface area is 142 Å². The fourth-order valence-electron chi connectivity index (χ4n) is 4.00. The number of hydrogen-bond donors (Lipinski definition) is 0. The molecule has 0 aromatic heterocycles. The molecule has 5 rings (SSSR count).